The molecule has 5 fully saturated rings. The molecule has 8 aromatic heterocycles. The number of carbonyl (C=O) groups excluding carboxylic acids is 3. The molecule has 1 spiro atoms. The summed E-state index contributed by atoms with van der Waals surface area (Å²) in [5.41, 5.74) is 20.6. The van der Waals surface area contributed by atoms with Crippen molar-refractivity contribution in [1.29, 1.82) is 21.0 Å². The van der Waals surface area contributed by atoms with E-state index in [0.29, 0.717) is 132 Å². The van der Waals surface area contributed by atoms with Crippen LogP contribution in [0.1, 0.15) is 194 Å². The number of nitrogens with zero attached hydrogens (tertiary/aromatic N) is 18. The zero-order chi connectivity index (χ0) is 95.6. The summed E-state index contributed by atoms with van der Waals surface area (Å²) in [5.74, 6) is 4.86. The maximum Gasteiger partial charge on any atom is 0.387 e. The highest BCUT2D eigenvalue weighted by molar-refractivity contribution is 9.11. The SMILES string of the molecule is C.C.C.C.C.C.C.Cc1cc(Br)c2[nH]c(=O)c(C#N)cc2c1.Cc1cc(Br)c2nc(Cl)c(C#N)cc2c1.Cc1cc(Br)c2nc(N3CCC4(CC3)OCCO4)c(-c3noc(C)n3)cc2c1.Cc1cc(C#N)c2nc(N3CCC(=O)CC3)c(-c3noc(C)n3)cc2c1.Cc1cc(C#N)c2nc(N3CCC(NC4CCOCC4)CC3)c(-c3noc(C)n3)cc2c1.Cc1ccc(N)c(C=O)c1.[C-]#[N+]CC(=O)OCC. The van der Waals surface area contributed by atoms with Crippen LogP contribution in [0.3, 0.4) is 0 Å². The Morgan fingerprint density at radius 1 is 0.518 bits per heavy atom. The van der Waals surface area contributed by atoms with Gasteiger partial charge in [0.15, 0.2) is 12.1 Å². The fourth-order valence-corrected chi connectivity index (χ4v) is 18.3. The van der Waals surface area contributed by atoms with Gasteiger partial charge in [0.25, 0.3) is 5.56 Å². The van der Waals surface area contributed by atoms with Gasteiger partial charge in [0, 0.05) is 163 Å². The van der Waals surface area contributed by atoms with Gasteiger partial charge < -0.3 is 68.1 Å². The molecule has 5 aliphatic heterocycles. The quantitative estimate of drug-likeness (QED) is 0.0356. The fraction of sp³-hybridized carbons (Fsp3) is 0.381. The molecular weight excluding hydrogens is 2010 g/mol. The average Bonchev–Trinajstić information content (AvgIpc) is 1.76. The number of halogens is 4. The van der Waals surface area contributed by atoms with Gasteiger partial charge in [-0.25, -0.2) is 31.3 Å². The van der Waals surface area contributed by atoms with Crippen LogP contribution in [0.15, 0.2) is 141 Å². The summed E-state index contributed by atoms with van der Waals surface area (Å²) in [7, 11) is 0. The van der Waals surface area contributed by atoms with E-state index in [4.69, 9.17) is 77.2 Å². The summed E-state index contributed by atoms with van der Waals surface area (Å²) in [6, 6.07) is 44.1. The highest BCUT2D eigenvalue weighted by Crippen LogP contribution is 2.41. The van der Waals surface area contributed by atoms with Gasteiger partial charge in [0.1, 0.15) is 58.2 Å². The number of hydrogen-bond acceptors (Lipinski definition) is 30. The molecule has 0 radical (unpaired) electrons. The maximum atomic E-state index is 11.6. The molecule has 36 heteroatoms. The van der Waals surface area contributed by atoms with Crippen molar-refractivity contribution < 1.29 is 46.9 Å². The van der Waals surface area contributed by atoms with Crippen LogP contribution in [0.25, 0.3) is 93.5 Å². The van der Waals surface area contributed by atoms with Crippen molar-refractivity contribution in [1.82, 2.24) is 60.7 Å². The van der Waals surface area contributed by atoms with Crippen LogP contribution in [0.5, 0.6) is 0 Å². The van der Waals surface area contributed by atoms with Crippen LogP contribution in [0.2, 0.25) is 5.15 Å². The number of nitriles is 4. The summed E-state index contributed by atoms with van der Waals surface area (Å²) in [6.45, 7) is 33.0. The van der Waals surface area contributed by atoms with E-state index < -0.39 is 11.8 Å². The molecule has 742 valence electrons. The number of hydrogen-bond donors (Lipinski definition) is 3. The van der Waals surface area contributed by atoms with Crippen molar-refractivity contribution >= 4 is 155 Å². The Bertz CT molecular complexity index is 7030. The van der Waals surface area contributed by atoms with Gasteiger partial charge in [-0.3, -0.25) is 14.4 Å². The molecule has 0 saturated carbocycles. The van der Waals surface area contributed by atoms with Crippen LogP contribution >= 0.6 is 59.4 Å². The van der Waals surface area contributed by atoms with Crippen LogP contribution in [-0.4, -0.2) is 170 Å². The van der Waals surface area contributed by atoms with Crippen LogP contribution in [-0.2, 0) is 28.5 Å². The number of benzene rings is 6. The van der Waals surface area contributed by atoms with Crippen molar-refractivity contribution in [2.45, 2.75) is 190 Å². The lowest BCUT2D eigenvalue weighted by Crippen LogP contribution is -2.48. The predicted molar refractivity (Wildman–Crippen MR) is 567 cm³/mol. The van der Waals surface area contributed by atoms with E-state index in [1.54, 1.807) is 52.0 Å². The Morgan fingerprint density at radius 2 is 0.922 bits per heavy atom. The van der Waals surface area contributed by atoms with Gasteiger partial charge in [-0.15, -0.1) is 0 Å². The van der Waals surface area contributed by atoms with E-state index in [0.717, 1.165) is 203 Å². The Labute approximate surface area is 854 Å². The van der Waals surface area contributed by atoms with E-state index in [2.05, 4.69) is 155 Å². The zero-order valence-corrected chi connectivity index (χ0v) is 80.9. The summed E-state index contributed by atoms with van der Waals surface area (Å²) < 4.78 is 40.0. The molecule has 0 unspecified atom stereocenters. The van der Waals surface area contributed by atoms with E-state index in [1.165, 1.54) is 5.56 Å². The molecule has 13 heterocycles. The second-order valence-electron chi connectivity index (χ2n) is 32.7. The second kappa shape index (κ2) is 53.3. The Kier molecular flexibility index (Phi) is 44.0. The molecule has 19 rings (SSSR count). The molecule has 14 aromatic rings. The Morgan fingerprint density at radius 3 is 1.35 bits per heavy atom. The Hall–Kier alpha value is -13.4. The number of nitrogens with two attached hydrogens (primary N) is 1. The number of anilines is 4. The Balaban J connectivity index is 0.000000260. The number of ether oxygens (including phenoxy) is 4. The van der Waals surface area contributed by atoms with Crippen LogP contribution in [0, 0.1) is 114 Å². The third-order valence-electron chi connectivity index (χ3n) is 22.5. The fourth-order valence-electron chi connectivity index (χ4n) is 16.1. The summed E-state index contributed by atoms with van der Waals surface area (Å²) >= 11 is 16.3. The number of aldehydes is 1. The largest absolute Gasteiger partial charge is 0.460 e. The normalized spacial score (nSPS) is 13.9. The molecule has 5 saturated heterocycles. The van der Waals surface area contributed by atoms with Crippen LogP contribution in [0.4, 0.5) is 23.1 Å². The third kappa shape index (κ3) is 29.2. The van der Waals surface area contributed by atoms with Gasteiger partial charge in [-0.05, 0) is 253 Å². The standard InChI is InChI=1S/C24H28N6O2.C20H21BrN4O3.C19H17N5O2.C11H6BrClN2.C11H7BrN2O.C8H9NO.C5H7NO2.7CH4/c1-15-11-17-13-21(23-26-16(2)32-29-23)24(28-22(17)18(12-15)14-25)30-7-3-19(4-8-30)27-20-5-9-31-10-6-20;1-12-9-14-11-15(18-22-13(2)28-24-18)19(23-17(14)16(21)10-12)25-5-3-20(4-6-25)26-7-8-27-20;1-11-7-13-9-16(18-21-12(2)26-23-18)19(22-17(13)14(8-11)10-20)24-5-3-15(25)4-6-24;1-6-2-7-4-8(5-14)11(13)15-10(7)9(12)3-6;1-6-2-7-4-8(5-13)11(15)14-10(7)9(12)3-6;1-6-2-3-8(9)7(4-6)5-10;1-3-8-5(7)4-6-2;;;;;;;/h11-13,19-20,27H,3-10H2,1-2H3;9-11H,3-8H2,1-2H3;7-9H,3-6H2,1-2H3;2-4H,1H3;2-4H,1H3,(H,14,15);2-5H,9H2,1H3;3-4H2,1H3;7*1H4. The molecule has 6 aromatic carbocycles. The number of Topliss-reactive ketones (excluding diaryl/α,β-unsaturated/α-hetero) is 1. The number of piperidine rings is 3. The number of pyridine rings is 5. The predicted octanol–water partition coefficient (Wildman–Crippen LogP) is 23.1. The number of H-pyrrole nitrogens is 1. The molecule has 0 amide bonds. The van der Waals surface area contributed by atoms with Crippen molar-refractivity contribution in [3.05, 3.63) is 228 Å². The minimum Gasteiger partial charge on any atom is -0.460 e. The summed E-state index contributed by atoms with van der Waals surface area (Å²) in [5, 5.41) is 57.8. The molecule has 0 bridgehead atoms. The third-order valence-corrected chi connectivity index (χ3v) is 24.6. The number of carbonyl (C=O) groups is 3. The lowest BCUT2D eigenvalue weighted by molar-refractivity contribution is -0.169. The number of aromatic nitrogens is 11. The number of nitrogen functional groups attached to an aromatic ring is 1. The van der Waals surface area contributed by atoms with E-state index in [1.807, 2.05) is 113 Å². The number of aryl methyl sites for hydroxylation is 9. The van der Waals surface area contributed by atoms with Crippen molar-refractivity contribution in [3.63, 3.8) is 0 Å². The average molecular weight is 2130 g/mol. The number of nitrogens with one attached hydrogen (secondary N) is 2. The van der Waals surface area contributed by atoms with Gasteiger partial charge in [0.2, 0.25) is 35.1 Å². The first-order valence-corrected chi connectivity index (χ1v) is 46.0. The van der Waals surface area contributed by atoms with Crippen LogP contribution < -0.4 is 31.3 Å². The zero-order valence-electron chi connectivity index (χ0n) is 75.4. The van der Waals surface area contributed by atoms with Gasteiger partial charge in [-0.1, -0.05) is 90.7 Å². The smallest absolute Gasteiger partial charge is 0.387 e. The lowest BCUT2D eigenvalue weighted by Gasteiger charge is -2.38. The number of ketones is 1. The molecular formula is C105H123Br3ClN21O11. The molecule has 32 nitrogen and oxygen atoms in total. The molecule has 0 aliphatic carbocycles. The highest BCUT2D eigenvalue weighted by atomic mass is 79.9. The van der Waals surface area contributed by atoms with Crippen molar-refractivity contribution in [2.24, 2.45) is 0 Å². The van der Waals surface area contributed by atoms with Gasteiger partial charge in [-0.2, -0.15) is 36.0 Å². The van der Waals surface area contributed by atoms with Crippen molar-refractivity contribution in [3.8, 4) is 58.4 Å². The lowest BCUT2D eigenvalue weighted by atomic mass is 10.00. The first-order valence-electron chi connectivity index (χ1n) is 43.3. The van der Waals surface area contributed by atoms with E-state index >= 15 is 0 Å². The number of aromatic amines is 1. The summed E-state index contributed by atoms with van der Waals surface area (Å²) in [4.78, 5) is 87.9. The minimum atomic E-state index is -0.442. The minimum absolute atomic E-state index is 0. The second-order valence-corrected chi connectivity index (χ2v) is 35.6. The molecule has 5 aliphatic rings. The van der Waals surface area contributed by atoms with Gasteiger partial charge >= 0.3 is 12.5 Å². The topological polar surface area (TPSA) is 437 Å². The summed E-state index contributed by atoms with van der Waals surface area (Å²) in [6.07, 6.45) is 7.63. The molecule has 141 heavy (non-hydrogen) atoms. The first kappa shape index (κ1) is 116. The maximum absolute atomic E-state index is 11.6. The monoisotopic (exact) mass is 2130 g/mol. The van der Waals surface area contributed by atoms with Gasteiger partial charge in [0.05, 0.1) is 80.8 Å². The number of esters is 1. The first-order chi connectivity index (χ1) is 64.4. The van der Waals surface area contributed by atoms with E-state index in [9.17, 15) is 29.7 Å². The number of rotatable bonds is 11. The molecule has 4 N–H and O–H groups in total. The number of fused-ring (bicyclic) bond motifs is 5. The highest BCUT2D eigenvalue weighted by Gasteiger charge is 2.41. The van der Waals surface area contributed by atoms with Crippen molar-refractivity contribution in [2.75, 3.05) is 99.3 Å². The van der Waals surface area contributed by atoms with E-state index in [-0.39, 0.29) is 80.6 Å². The molecule has 0 atom stereocenters.